The molecule has 2 heterocycles. The van der Waals surface area contributed by atoms with E-state index in [0.29, 0.717) is 18.8 Å². The molecule has 21 heavy (non-hydrogen) atoms. The molecule has 1 atom stereocenters. The Hall–Kier alpha value is -2.15. The third-order valence-corrected chi connectivity index (χ3v) is 3.67. The first kappa shape index (κ1) is 15.2. The van der Waals surface area contributed by atoms with Crippen molar-refractivity contribution in [3.05, 3.63) is 24.0 Å². The van der Waals surface area contributed by atoms with Gasteiger partial charge < -0.3 is 20.1 Å². The van der Waals surface area contributed by atoms with Crippen LogP contribution in [0.15, 0.2) is 18.3 Å². The third-order valence-electron chi connectivity index (χ3n) is 3.67. The van der Waals surface area contributed by atoms with Gasteiger partial charge in [0.1, 0.15) is 5.69 Å². The van der Waals surface area contributed by atoms with Gasteiger partial charge in [0.2, 0.25) is 0 Å². The van der Waals surface area contributed by atoms with Crippen molar-refractivity contribution in [3.63, 3.8) is 0 Å². The lowest BCUT2D eigenvalue weighted by molar-refractivity contribution is -0.0389. The number of likely N-dealkylation sites (tertiary alicyclic amines) is 1. The van der Waals surface area contributed by atoms with Crippen molar-refractivity contribution in [2.45, 2.75) is 25.4 Å². The van der Waals surface area contributed by atoms with Crippen molar-refractivity contribution in [2.75, 3.05) is 25.5 Å². The number of rotatable bonds is 3. The number of amides is 2. The van der Waals surface area contributed by atoms with Gasteiger partial charge in [0.05, 0.1) is 24.0 Å². The molecule has 2 amide bonds. The summed E-state index contributed by atoms with van der Waals surface area (Å²) in [6.45, 7) is 3.18. The van der Waals surface area contributed by atoms with Gasteiger partial charge >= 0.3 is 12.0 Å². The van der Waals surface area contributed by atoms with Crippen molar-refractivity contribution in [1.82, 2.24) is 9.88 Å². The van der Waals surface area contributed by atoms with Gasteiger partial charge in [0.15, 0.2) is 0 Å². The second kappa shape index (κ2) is 6.09. The minimum absolute atomic E-state index is 0.0575. The van der Waals surface area contributed by atoms with Crippen LogP contribution in [0.4, 0.5) is 10.5 Å². The first-order valence-electron chi connectivity index (χ1n) is 6.74. The normalized spacial score (nSPS) is 21.9. The number of carbonyl (C=O) groups is 2. The van der Waals surface area contributed by atoms with E-state index in [1.54, 1.807) is 12.0 Å². The maximum Gasteiger partial charge on any atom is 0.354 e. The zero-order valence-corrected chi connectivity index (χ0v) is 12.1. The van der Waals surface area contributed by atoms with Gasteiger partial charge in [-0.2, -0.15) is 0 Å². The topological polar surface area (TPSA) is 91.8 Å². The Kier molecular flexibility index (Phi) is 4.42. The van der Waals surface area contributed by atoms with Crippen LogP contribution in [0.1, 0.15) is 30.3 Å². The monoisotopic (exact) mass is 293 g/mol. The summed E-state index contributed by atoms with van der Waals surface area (Å²) in [5, 5.41) is 11.5. The second-order valence-corrected chi connectivity index (χ2v) is 5.35. The highest BCUT2D eigenvalue weighted by atomic mass is 16.5. The third kappa shape index (κ3) is 3.69. The van der Waals surface area contributed by atoms with E-state index in [1.165, 1.54) is 18.3 Å². The summed E-state index contributed by atoms with van der Waals surface area (Å²) in [4.78, 5) is 28.4. The highest BCUT2D eigenvalue weighted by molar-refractivity contribution is 5.90. The minimum Gasteiger partial charge on any atom is -0.477 e. The Bertz CT molecular complexity index is 532. The summed E-state index contributed by atoms with van der Waals surface area (Å²) in [7, 11) is 1.65. The minimum atomic E-state index is -1.10. The predicted octanol–water partition coefficient (Wildman–Crippen LogP) is 1.81. The van der Waals surface area contributed by atoms with E-state index in [4.69, 9.17) is 9.84 Å². The predicted molar refractivity (Wildman–Crippen MR) is 76.4 cm³/mol. The number of anilines is 1. The van der Waals surface area contributed by atoms with Crippen LogP contribution in [-0.4, -0.2) is 52.8 Å². The van der Waals surface area contributed by atoms with Crippen molar-refractivity contribution < 1.29 is 19.4 Å². The van der Waals surface area contributed by atoms with E-state index < -0.39 is 5.97 Å². The molecule has 1 aromatic heterocycles. The molecule has 1 unspecified atom stereocenters. The number of hydrogen-bond acceptors (Lipinski definition) is 4. The van der Waals surface area contributed by atoms with Crippen molar-refractivity contribution in [1.29, 1.82) is 0 Å². The number of aromatic nitrogens is 1. The van der Waals surface area contributed by atoms with Crippen LogP contribution in [0.5, 0.6) is 0 Å². The number of urea groups is 1. The lowest BCUT2D eigenvalue weighted by atomic mass is 9.95. The zero-order chi connectivity index (χ0) is 15.5. The van der Waals surface area contributed by atoms with Crippen LogP contribution in [-0.2, 0) is 4.74 Å². The molecule has 1 fully saturated rings. The van der Waals surface area contributed by atoms with E-state index in [2.05, 4.69) is 10.3 Å². The average molecular weight is 293 g/mol. The molecule has 2 rings (SSSR count). The van der Waals surface area contributed by atoms with Gasteiger partial charge in [-0.05, 0) is 31.9 Å². The number of carboxylic acid groups (broad SMARTS) is 1. The summed E-state index contributed by atoms with van der Waals surface area (Å²) >= 11 is 0. The number of piperidine rings is 1. The second-order valence-electron chi connectivity index (χ2n) is 5.35. The van der Waals surface area contributed by atoms with Gasteiger partial charge in [-0.15, -0.1) is 0 Å². The Labute approximate surface area is 122 Å². The molecule has 1 aromatic rings. The van der Waals surface area contributed by atoms with E-state index in [1.807, 2.05) is 6.92 Å². The lowest BCUT2D eigenvalue weighted by Gasteiger charge is -2.39. The fraction of sp³-hybridized carbons (Fsp3) is 0.500. The summed E-state index contributed by atoms with van der Waals surface area (Å²) in [6.07, 6.45) is 3.14. The van der Waals surface area contributed by atoms with Crippen LogP contribution in [0.3, 0.4) is 0 Å². The quantitative estimate of drug-likeness (QED) is 0.886. The smallest absolute Gasteiger partial charge is 0.354 e. The van der Waals surface area contributed by atoms with E-state index in [0.717, 1.165) is 12.8 Å². The molecule has 0 spiro atoms. The lowest BCUT2D eigenvalue weighted by Crippen LogP contribution is -2.50. The fourth-order valence-electron chi connectivity index (χ4n) is 2.34. The molecule has 1 saturated heterocycles. The maximum atomic E-state index is 12.2. The Balaban J connectivity index is 1.99. The first-order chi connectivity index (χ1) is 9.93. The van der Waals surface area contributed by atoms with E-state index in [-0.39, 0.29) is 17.3 Å². The first-order valence-corrected chi connectivity index (χ1v) is 6.74. The Morgan fingerprint density at radius 3 is 2.81 bits per heavy atom. The van der Waals surface area contributed by atoms with Crippen molar-refractivity contribution in [3.8, 4) is 0 Å². The summed E-state index contributed by atoms with van der Waals surface area (Å²) in [5.41, 5.74) is 0.0914. The molecular weight excluding hydrogens is 274 g/mol. The number of hydrogen-bond donors (Lipinski definition) is 2. The molecule has 0 bridgehead atoms. The Morgan fingerprint density at radius 1 is 1.48 bits per heavy atom. The van der Waals surface area contributed by atoms with E-state index in [9.17, 15) is 9.59 Å². The van der Waals surface area contributed by atoms with Crippen LogP contribution in [0.2, 0.25) is 0 Å². The SMILES string of the molecule is COC1(C)CCCN(C(=O)Nc2ccc(C(=O)O)nc2)C1. The maximum absolute atomic E-state index is 12.2. The number of carbonyl (C=O) groups excluding carboxylic acids is 1. The largest absolute Gasteiger partial charge is 0.477 e. The molecule has 0 saturated carbocycles. The summed E-state index contributed by atoms with van der Waals surface area (Å²) in [6, 6.07) is 2.64. The molecule has 2 N–H and O–H groups in total. The van der Waals surface area contributed by atoms with Crippen LogP contribution >= 0.6 is 0 Å². The number of nitrogens with one attached hydrogen (secondary N) is 1. The molecule has 7 nitrogen and oxygen atoms in total. The van der Waals surface area contributed by atoms with Gasteiger partial charge in [0.25, 0.3) is 0 Å². The molecule has 0 aromatic carbocycles. The van der Waals surface area contributed by atoms with Crippen molar-refractivity contribution >= 4 is 17.7 Å². The van der Waals surface area contributed by atoms with E-state index >= 15 is 0 Å². The fourth-order valence-corrected chi connectivity index (χ4v) is 2.34. The summed E-state index contributed by atoms with van der Waals surface area (Å²) in [5.74, 6) is -1.10. The van der Waals surface area contributed by atoms with Crippen LogP contribution in [0, 0.1) is 0 Å². The van der Waals surface area contributed by atoms with Crippen molar-refractivity contribution in [2.24, 2.45) is 0 Å². The number of nitrogens with zero attached hydrogens (tertiary/aromatic N) is 2. The van der Waals surface area contributed by atoms with Gasteiger partial charge in [-0.3, -0.25) is 0 Å². The standard InChI is InChI=1S/C14H19N3O4/c1-14(21-2)6-3-7-17(9-14)13(20)16-10-4-5-11(12(18)19)15-8-10/h4-5,8H,3,6-7,9H2,1-2H3,(H,16,20)(H,18,19). The molecule has 7 heteroatoms. The molecule has 114 valence electrons. The van der Waals surface area contributed by atoms with Gasteiger partial charge in [-0.1, -0.05) is 0 Å². The van der Waals surface area contributed by atoms with Gasteiger partial charge in [-0.25, -0.2) is 14.6 Å². The number of pyridine rings is 1. The number of ether oxygens (including phenoxy) is 1. The number of methoxy groups -OCH3 is 1. The summed E-state index contributed by atoms with van der Waals surface area (Å²) < 4.78 is 5.45. The van der Waals surface area contributed by atoms with Crippen LogP contribution < -0.4 is 5.32 Å². The molecule has 0 aliphatic carbocycles. The number of carboxylic acids is 1. The Morgan fingerprint density at radius 2 is 2.24 bits per heavy atom. The molecule has 0 radical (unpaired) electrons. The zero-order valence-electron chi connectivity index (χ0n) is 12.1. The molecule has 1 aliphatic rings. The molecule has 1 aliphatic heterocycles. The number of aromatic carboxylic acids is 1. The average Bonchev–Trinajstić information content (AvgIpc) is 2.48. The van der Waals surface area contributed by atoms with Crippen LogP contribution in [0.25, 0.3) is 0 Å². The highest BCUT2D eigenvalue weighted by Gasteiger charge is 2.33. The highest BCUT2D eigenvalue weighted by Crippen LogP contribution is 2.24. The van der Waals surface area contributed by atoms with Gasteiger partial charge in [0, 0.05) is 13.7 Å². The molecular formula is C14H19N3O4.